The molecule has 0 aliphatic heterocycles. The lowest BCUT2D eigenvalue weighted by Crippen LogP contribution is -2.01. The first kappa shape index (κ1) is 12.5. The van der Waals surface area contributed by atoms with Gasteiger partial charge in [-0.2, -0.15) is 10.2 Å². The molecule has 0 saturated heterocycles. The van der Waals surface area contributed by atoms with Gasteiger partial charge < -0.3 is 14.9 Å². The van der Waals surface area contributed by atoms with E-state index in [1.807, 2.05) is 24.3 Å². The van der Waals surface area contributed by atoms with E-state index in [0.717, 1.165) is 16.9 Å². The molecule has 0 spiro atoms. The molecule has 1 aromatic heterocycles. The van der Waals surface area contributed by atoms with Gasteiger partial charge in [0.2, 0.25) is 0 Å². The lowest BCUT2D eigenvalue weighted by Gasteiger charge is -2.08. The van der Waals surface area contributed by atoms with E-state index < -0.39 is 0 Å². The molecular weight excluding hydrogens is 232 g/mol. The molecule has 5 nitrogen and oxygen atoms in total. The van der Waals surface area contributed by atoms with Gasteiger partial charge in [-0.05, 0) is 23.8 Å². The largest absolute Gasteiger partial charge is 0.497 e. The van der Waals surface area contributed by atoms with Crippen LogP contribution in [0.25, 0.3) is 11.1 Å². The second kappa shape index (κ2) is 5.57. The fraction of sp³-hybridized carbons (Fsp3) is 0.231. The van der Waals surface area contributed by atoms with Gasteiger partial charge in [0.15, 0.2) is 0 Å². The Labute approximate surface area is 105 Å². The van der Waals surface area contributed by atoms with E-state index in [9.17, 15) is 5.11 Å². The van der Waals surface area contributed by atoms with Gasteiger partial charge in [-0.25, -0.2) is 0 Å². The molecule has 2 N–H and O–H groups in total. The topological polar surface area (TPSA) is 75.5 Å². The first-order valence-corrected chi connectivity index (χ1v) is 5.50. The third-order valence-corrected chi connectivity index (χ3v) is 2.63. The smallest absolute Gasteiger partial charge is 0.118 e. The van der Waals surface area contributed by atoms with Crippen LogP contribution < -0.4 is 4.74 Å². The van der Waals surface area contributed by atoms with Gasteiger partial charge in [0, 0.05) is 5.56 Å². The predicted octanol–water partition coefficient (Wildman–Crippen LogP) is 1.14. The molecule has 2 rings (SSSR count). The second-order valence-electron chi connectivity index (χ2n) is 3.74. The van der Waals surface area contributed by atoms with E-state index in [0.29, 0.717) is 11.4 Å². The highest BCUT2D eigenvalue weighted by Gasteiger charge is 2.08. The van der Waals surface area contributed by atoms with Crippen LogP contribution in [-0.4, -0.2) is 27.5 Å². The van der Waals surface area contributed by atoms with Crippen LogP contribution in [0.3, 0.4) is 0 Å². The minimum absolute atomic E-state index is 0.179. The van der Waals surface area contributed by atoms with Crippen molar-refractivity contribution < 1.29 is 14.9 Å². The minimum atomic E-state index is -0.194. The number of hydrogen-bond acceptors (Lipinski definition) is 5. The number of aliphatic hydroxyl groups excluding tert-OH is 2. The number of hydrogen-bond donors (Lipinski definition) is 2. The maximum absolute atomic E-state index is 9.25. The lowest BCUT2D eigenvalue weighted by atomic mass is 10.0. The van der Waals surface area contributed by atoms with E-state index >= 15 is 0 Å². The fourth-order valence-electron chi connectivity index (χ4n) is 1.67. The number of aromatic nitrogens is 2. The maximum Gasteiger partial charge on any atom is 0.118 e. The molecule has 0 aliphatic rings. The molecule has 0 atom stereocenters. The van der Waals surface area contributed by atoms with Crippen molar-refractivity contribution in [2.24, 2.45) is 0 Å². The van der Waals surface area contributed by atoms with E-state index in [-0.39, 0.29) is 13.2 Å². The minimum Gasteiger partial charge on any atom is -0.497 e. The standard InChI is InChI=1S/C13H14N2O3/c1-18-11-4-2-9(3-5-11)12-6-10(7-16)14-15-13(12)8-17/h2-6,16-17H,7-8H2,1H3. The average Bonchev–Trinajstić information content (AvgIpc) is 2.46. The third kappa shape index (κ3) is 2.47. The summed E-state index contributed by atoms with van der Waals surface area (Å²) >= 11 is 0. The molecule has 94 valence electrons. The van der Waals surface area contributed by atoms with Crippen LogP contribution in [-0.2, 0) is 13.2 Å². The normalized spacial score (nSPS) is 10.4. The molecule has 18 heavy (non-hydrogen) atoms. The van der Waals surface area contributed by atoms with E-state index in [2.05, 4.69) is 10.2 Å². The van der Waals surface area contributed by atoms with Crippen LogP contribution >= 0.6 is 0 Å². The number of methoxy groups -OCH3 is 1. The first-order chi connectivity index (χ1) is 8.78. The maximum atomic E-state index is 9.25. The molecule has 1 heterocycles. The van der Waals surface area contributed by atoms with Crippen molar-refractivity contribution in [3.05, 3.63) is 41.7 Å². The molecule has 0 radical (unpaired) electrons. The Kier molecular flexibility index (Phi) is 3.86. The van der Waals surface area contributed by atoms with Gasteiger partial charge in [-0.1, -0.05) is 12.1 Å². The zero-order chi connectivity index (χ0) is 13.0. The van der Waals surface area contributed by atoms with Crippen molar-refractivity contribution in [1.82, 2.24) is 10.2 Å². The molecular formula is C13H14N2O3. The van der Waals surface area contributed by atoms with Crippen molar-refractivity contribution >= 4 is 0 Å². The van der Waals surface area contributed by atoms with Crippen molar-refractivity contribution in [3.63, 3.8) is 0 Å². The summed E-state index contributed by atoms with van der Waals surface area (Å²) in [5, 5.41) is 26.0. The van der Waals surface area contributed by atoms with E-state index in [1.165, 1.54) is 0 Å². The van der Waals surface area contributed by atoms with Crippen LogP contribution in [0.5, 0.6) is 5.75 Å². The molecule has 0 aliphatic carbocycles. The van der Waals surface area contributed by atoms with Crippen molar-refractivity contribution in [3.8, 4) is 16.9 Å². The van der Waals surface area contributed by atoms with Gasteiger partial charge in [-0.15, -0.1) is 0 Å². The highest BCUT2D eigenvalue weighted by Crippen LogP contribution is 2.25. The van der Waals surface area contributed by atoms with Crippen LogP contribution in [0.4, 0.5) is 0 Å². The number of benzene rings is 1. The Morgan fingerprint density at radius 2 is 1.78 bits per heavy atom. The van der Waals surface area contributed by atoms with Gasteiger partial charge >= 0.3 is 0 Å². The summed E-state index contributed by atoms with van der Waals surface area (Å²) in [7, 11) is 1.60. The molecule has 0 fully saturated rings. The number of aliphatic hydroxyl groups is 2. The monoisotopic (exact) mass is 246 g/mol. The van der Waals surface area contributed by atoms with Crippen LogP contribution in [0, 0.1) is 0 Å². The fourth-order valence-corrected chi connectivity index (χ4v) is 1.67. The quantitative estimate of drug-likeness (QED) is 0.846. The predicted molar refractivity (Wildman–Crippen MR) is 65.9 cm³/mol. The van der Waals surface area contributed by atoms with E-state index in [1.54, 1.807) is 13.2 Å². The summed E-state index contributed by atoms with van der Waals surface area (Å²) in [6, 6.07) is 9.12. The Hall–Kier alpha value is -1.98. The zero-order valence-corrected chi connectivity index (χ0v) is 10.00. The zero-order valence-electron chi connectivity index (χ0n) is 10.00. The van der Waals surface area contributed by atoms with Gasteiger partial charge in [0.05, 0.1) is 31.7 Å². The molecule has 0 unspecified atom stereocenters. The van der Waals surface area contributed by atoms with Crippen molar-refractivity contribution in [2.75, 3.05) is 7.11 Å². The van der Waals surface area contributed by atoms with Crippen molar-refractivity contribution in [2.45, 2.75) is 13.2 Å². The Morgan fingerprint density at radius 3 is 2.33 bits per heavy atom. The summed E-state index contributed by atoms with van der Waals surface area (Å²) in [5.41, 5.74) is 2.61. The molecule has 2 aromatic rings. The molecule has 1 aromatic carbocycles. The summed E-state index contributed by atoms with van der Waals surface area (Å²) in [4.78, 5) is 0. The molecule has 0 bridgehead atoms. The number of nitrogens with zero attached hydrogens (tertiary/aromatic N) is 2. The summed E-state index contributed by atoms with van der Waals surface area (Å²) in [5.74, 6) is 0.758. The van der Waals surface area contributed by atoms with Gasteiger partial charge in [-0.3, -0.25) is 0 Å². The second-order valence-corrected chi connectivity index (χ2v) is 3.74. The SMILES string of the molecule is COc1ccc(-c2cc(CO)nnc2CO)cc1. The lowest BCUT2D eigenvalue weighted by molar-refractivity contribution is 0.268. The average molecular weight is 246 g/mol. The van der Waals surface area contributed by atoms with Crippen LogP contribution in [0.2, 0.25) is 0 Å². The first-order valence-electron chi connectivity index (χ1n) is 5.50. The molecule has 5 heteroatoms. The number of ether oxygens (including phenoxy) is 1. The molecule has 0 amide bonds. The summed E-state index contributed by atoms with van der Waals surface area (Å²) in [6.07, 6.45) is 0. The third-order valence-electron chi connectivity index (χ3n) is 2.63. The highest BCUT2D eigenvalue weighted by molar-refractivity contribution is 5.66. The van der Waals surface area contributed by atoms with E-state index in [4.69, 9.17) is 9.84 Å². The Bertz CT molecular complexity index is 526. The van der Waals surface area contributed by atoms with Crippen LogP contribution in [0.15, 0.2) is 30.3 Å². The summed E-state index contributed by atoms with van der Waals surface area (Å²) < 4.78 is 5.09. The Balaban J connectivity index is 2.46. The molecule has 0 saturated carbocycles. The van der Waals surface area contributed by atoms with Gasteiger partial charge in [0.1, 0.15) is 5.75 Å². The summed E-state index contributed by atoms with van der Waals surface area (Å²) in [6.45, 7) is -0.373. The van der Waals surface area contributed by atoms with Crippen molar-refractivity contribution in [1.29, 1.82) is 0 Å². The highest BCUT2D eigenvalue weighted by atomic mass is 16.5. The van der Waals surface area contributed by atoms with Gasteiger partial charge in [0.25, 0.3) is 0 Å². The van der Waals surface area contributed by atoms with Crippen LogP contribution in [0.1, 0.15) is 11.4 Å². The number of rotatable bonds is 4. The Morgan fingerprint density at radius 1 is 1.06 bits per heavy atom.